The van der Waals surface area contributed by atoms with Crippen LogP contribution < -0.4 is 14.8 Å². The van der Waals surface area contributed by atoms with E-state index in [0.717, 1.165) is 22.6 Å². The number of aryl methyl sites for hydroxylation is 1. The third-order valence-electron chi connectivity index (χ3n) is 6.19. The van der Waals surface area contributed by atoms with Crippen LogP contribution in [0, 0.1) is 6.92 Å². The van der Waals surface area contributed by atoms with E-state index in [-0.39, 0.29) is 42.7 Å². The number of carbonyl (C=O) groups is 2. The standard InChI is InChI=1S/C20H24N2O5/c1-11-4-5-14(15-16(11)26-8-19(15,2)3)27-13-6-12(7-13)22-17(23)20(9-25-10-20)21-18(22)24/h4-5,12-13H,6-10H2,1-3H3,(H,21,24). The van der Waals surface area contributed by atoms with Gasteiger partial charge >= 0.3 is 6.03 Å². The maximum absolute atomic E-state index is 12.6. The minimum atomic E-state index is -0.817. The van der Waals surface area contributed by atoms with Gasteiger partial charge in [-0.3, -0.25) is 9.69 Å². The SMILES string of the molecule is Cc1ccc(OC2CC(N3C(=O)NC4(COC4)C3=O)C2)c2c1OCC2(C)C. The average molecular weight is 372 g/mol. The van der Waals surface area contributed by atoms with E-state index in [1.165, 1.54) is 4.90 Å². The number of hydrogen-bond acceptors (Lipinski definition) is 5. The number of rotatable bonds is 3. The molecule has 0 bridgehead atoms. The van der Waals surface area contributed by atoms with Gasteiger partial charge in [-0.15, -0.1) is 0 Å². The van der Waals surface area contributed by atoms with E-state index in [2.05, 4.69) is 19.2 Å². The normalized spacial score (nSPS) is 29.7. The molecule has 1 spiro atoms. The number of hydrogen-bond donors (Lipinski definition) is 1. The van der Waals surface area contributed by atoms with Crippen LogP contribution in [0.15, 0.2) is 12.1 Å². The van der Waals surface area contributed by atoms with Crippen LogP contribution in [0.1, 0.15) is 37.8 Å². The summed E-state index contributed by atoms with van der Waals surface area (Å²) in [5.74, 6) is 1.62. The highest BCUT2D eigenvalue weighted by Gasteiger charge is 2.59. The molecule has 1 saturated carbocycles. The number of carbonyl (C=O) groups excluding carboxylic acids is 2. The molecule has 3 heterocycles. The van der Waals surface area contributed by atoms with E-state index in [0.29, 0.717) is 19.4 Å². The van der Waals surface area contributed by atoms with Gasteiger partial charge < -0.3 is 19.5 Å². The number of nitrogens with zero attached hydrogens (tertiary/aromatic N) is 1. The Morgan fingerprint density at radius 1 is 1.19 bits per heavy atom. The van der Waals surface area contributed by atoms with Crippen LogP contribution in [0.5, 0.6) is 11.5 Å². The first kappa shape index (κ1) is 16.9. The molecular weight excluding hydrogens is 348 g/mol. The van der Waals surface area contributed by atoms with E-state index in [4.69, 9.17) is 14.2 Å². The van der Waals surface area contributed by atoms with Crippen molar-refractivity contribution in [2.24, 2.45) is 0 Å². The van der Waals surface area contributed by atoms with Crippen molar-refractivity contribution >= 4 is 11.9 Å². The van der Waals surface area contributed by atoms with E-state index in [1.54, 1.807) is 0 Å². The van der Waals surface area contributed by atoms with Gasteiger partial charge in [0.05, 0.1) is 19.8 Å². The van der Waals surface area contributed by atoms with Gasteiger partial charge in [-0.1, -0.05) is 19.9 Å². The van der Waals surface area contributed by atoms with Crippen molar-refractivity contribution < 1.29 is 23.8 Å². The van der Waals surface area contributed by atoms with Gasteiger partial charge in [-0.25, -0.2) is 4.79 Å². The highest BCUT2D eigenvalue weighted by atomic mass is 16.5. The summed E-state index contributed by atoms with van der Waals surface area (Å²) < 4.78 is 17.3. The lowest BCUT2D eigenvalue weighted by Gasteiger charge is -2.41. The summed E-state index contributed by atoms with van der Waals surface area (Å²) in [7, 11) is 0. The Balaban J connectivity index is 1.29. The lowest BCUT2D eigenvalue weighted by Crippen LogP contribution is -2.63. The van der Waals surface area contributed by atoms with Gasteiger partial charge in [0.15, 0.2) is 5.54 Å². The Kier molecular flexibility index (Phi) is 3.36. The zero-order chi connectivity index (χ0) is 19.0. The molecule has 1 aromatic carbocycles. The van der Waals surface area contributed by atoms with Gasteiger partial charge in [0.2, 0.25) is 0 Å². The molecule has 5 rings (SSSR count). The first-order valence-corrected chi connectivity index (χ1v) is 9.48. The van der Waals surface area contributed by atoms with Crippen LogP contribution in [0.2, 0.25) is 0 Å². The molecule has 0 aromatic heterocycles. The Morgan fingerprint density at radius 2 is 1.93 bits per heavy atom. The van der Waals surface area contributed by atoms with Crippen LogP contribution in [0.4, 0.5) is 4.79 Å². The molecule has 3 aliphatic heterocycles. The molecule has 1 N–H and O–H groups in total. The highest BCUT2D eigenvalue weighted by molar-refractivity contribution is 6.08. The second kappa shape index (κ2) is 5.38. The smallest absolute Gasteiger partial charge is 0.325 e. The molecule has 1 aromatic rings. The lowest BCUT2D eigenvalue weighted by atomic mass is 9.84. The van der Waals surface area contributed by atoms with Gasteiger partial charge in [-0.2, -0.15) is 0 Å². The molecule has 144 valence electrons. The number of nitrogens with one attached hydrogen (secondary N) is 1. The molecule has 0 atom stereocenters. The zero-order valence-corrected chi connectivity index (χ0v) is 15.8. The molecule has 3 fully saturated rings. The minimum absolute atomic E-state index is 0.00648. The van der Waals surface area contributed by atoms with E-state index >= 15 is 0 Å². The summed E-state index contributed by atoms with van der Waals surface area (Å²) in [6.45, 7) is 7.53. The fourth-order valence-corrected chi connectivity index (χ4v) is 4.42. The molecule has 0 radical (unpaired) electrons. The lowest BCUT2D eigenvalue weighted by molar-refractivity contribution is -0.151. The molecule has 3 amide bonds. The number of urea groups is 1. The first-order chi connectivity index (χ1) is 12.8. The van der Waals surface area contributed by atoms with Gasteiger partial charge in [0.1, 0.15) is 17.6 Å². The minimum Gasteiger partial charge on any atom is -0.492 e. The monoisotopic (exact) mass is 372 g/mol. The van der Waals surface area contributed by atoms with Crippen molar-refractivity contribution in [1.82, 2.24) is 10.2 Å². The second-order valence-corrected chi connectivity index (χ2v) is 8.80. The maximum atomic E-state index is 12.6. The predicted octanol–water partition coefficient (Wildman–Crippen LogP) is 1.90. The molecule has 7 nitrogen and oxygen atoms in total. The fraction of sp³-hybridized carbons (Fsp3) is 0.600. The molecule has 4 aliphatic rings. The summed E-state index contributed by atoms with van der Waals surface area (Å²) in [4.78, 5) is 26.2. The quantitative estimate of drug-likeness (QED) is 0.820. The molecule has 1 aliphatic carbocycles. The van der Waals surface area contributed by atoms with Crippen molar-refractivity contribution in [3.8, 4) is 11.5 Å². The Bertz CT molecular complexity index is 839. The largest absolute Gasteiger partial charge is 0.492 e. The zero-order valence-electron chi connectivity index (χ0n) is 15.8. The van der Waals surface area contributed by atoms with E-state index < -0.39 is 5.54 Å². The number of amides is 3. The Morgan fingerprint density at radius 3 is 2.56 bits per heavy atom. The fourth-order valence-electron chi connectivity index (χ4n) is 4.42. The number of fused-ring (bicyclic) bond motifs is 1. The summed E-state index contributed by atoms with van der Waals surface area (Å²) >= 11 is 0. The topological polar surface area (TPSA) is 77.1 Å². The second-order valence-electron chi connectivity index (χ2n) is 8.80. The third-order valence-corrected chi connectivity index (χ3v) is 6.19. The van der Waals surface area contributed by atoms with E-state index in [1.807, 2.05) is 19.1 Å². The summed E-state index contributed by atoms with van der Waals surface area (Å²) in [6.07, 6.45) is 1.30. The van der Waals surface area contributed by atoms with Gasteiger partial charge in [0, 0.05) is 29.9 Å². The highest BCUT2D eigenvalue weighted by Crippen LogP contribution is 2.47. The number of benzene rings is 1. The van der Waals surface area contributed by atoms with Crippen molar-refractivity contribution in [2.45, 2.75) is 56.7 Å². The van der Waals surface area contributed by atoms with Crippen LogP contribution in [-0.4, -0.2) is 54.3 Å². The third kappa shape index (κ3) is 2.30. The van der Waals surface area contributed by atoms with Gasteiger partial charge in [0.25, 0.3) is 5.91 Å². The molecule has 0 unspecified atom stereocenters. The Hall–Kier alpha value is -2.28. The summed E-state index contributed by atoms with van der Waals surface area (Å²) in [5.41, 5.74) is 1.32. The van der Waals surface area contributed by atoms with Crippen LogP contribution in [-0.2, 0) is 14.9 Å². The summed E-state index contributed by atoms with van der Waals surface area (Å²) in [6, 6.07) is 3.61. The van der Waals surface area contributed by atoms with Crippen LogP contribution >= 0.6 is 0 Å². The van der Waals surface area contributed by atoms with Crippen LogP contribution in [0.25, 0.3) is 0 Å². The Labute approximate surface area is 157 Å². The number of ether oxygens (including phenoxy) is 3. The molecular formula is C20H24N2O5. The van der Waals surface area contributed by atoms with Crippen molar-refractivity contribution in [3.05, 3.63) is 23.3 Å². The first-order valence-electron chi connectivity index (χ1n) is 9.48. The average Bonchev–Trinajstić information content (AvgIpc) is 3.00. The number of imide groups is 1. The van der Waals surface area contributed by atoms with Crippen molar-refractivity contribution in [3.63, 3.8) is 0 Å². The van der Waals surface area contributed by atoms with Gasteiger partial charge in [-0.05, 0) is 18.6 Å². The molecule has 2 saturated heterocycles. The molecule has 7 heteroatoms. The van der Waals surface area contributed by atoms with E-state index in [9.17, 15) is 9.59 Å². The predicted molar refractivity (Wildman–Crippen MR) is 96.1 cm³/mol. The van der Waals surface area contributed by atoms with Crippen molar-refractivity contribution in [1.29, 1.82) is 0 Å². The van der Waals surface area contributed by atoms with Crippen molar-refractivity contribution in [2.75, 3.05) is 19.8 Å². The maximum Gasteiger partial charge on any atom is 0.325 e. The molecule has 27 heavy (non-hydrogen) atoms. The summed E-state index contributed by atoms with van der Waals surface area (Å²) in [5, 5.41) is 2.79. The van der Waals surface area contributed by atoms with Crippen LogP contribution in [0.3, 0.4) is 0 Å².